The molecule has 3 rings (SSSR count). The molecule has 2 aromatic heterocycles. The molecule has 0 atom stereocenters. The molecular weight excluding hydrogens is 294 g/mol. The molecule has 0 aliphatic carbocycles. The highest BCUT2D eigenvalue weighted by atomic mass is 16.1. The first-order chi connectivity index (χ1) is 11.2. The van der Waals surface area contributed by atoms with Gasteiger partial charge in [-0.15, -0.1) is 12.3 Å². The van der Waals surface area contributed by atoms with Crippen LogP contribution in [0.3, 0.4) is 0 Å². The summed E-state index contributed by atoms with van der Waals surface area (Å²) in [6, 6.07) is 3.41. The highest BCUT2D eigenvalue weighted by Gasteiger charge is 2.38. The molecule has 0 aromatic carbocycles. The van der Waals surface area contributed by atoms with E-state index in [1.54, 1.807) is 18.5 Å². The number of terminal acetylenes is 1. The molecule has 0 radical (unpaired) electrons. The van der Waals surface area contributed by atoms with Crippen LogP contribution in [0.15, 0.2) is 41.2 Å². The Kier molecular flexibility index (Phi) is 4.10. The number of aromatic nitrogens is 4. The predicted octanol–water partition coefficient (Wildman–Crippen LogP) is 1.36. The molecule has 8 nitrogen and oxygen atoms in total. The van der Waals surface area contributed by atoms with E-state index < -0.39 is 0 Å². The molecule has 23 heavy (non-hydrogen) atoms. The highest BCUT2D eigenvalue weighted by Crippen LogP contribution is 2.35. The first kappa shape index (κ1) is 14.8. The van der Waals surface area contributed by atoms with E-state index >= 15 is 0 Å². The van der Waals surface area contributed by atoms with Crippen LogP contribution in [0.4, 0.5) is 0 Å². The van der Waals surface area contributed by atoms with Gasteiger partial charge in [-0.3, -0.25) is 4.79 Å². The monoisotopic (exact) mass is 309 g/mol. The van der Waals surface area contributed by atoms with Gasteiger partial charge in [0.25, 0.3) is 5.91 Å². The number of hydrogen-bond acceptors (Lipinski definition) is 6. The molecule has 1 aliphatic rings. The molecule has 0 unspecified atom stereocenters. The van der Waals surface area contributed by atoms with Crippen molar-refractivity contribution in [2.24, 2.45) is 10.2 Å². The second-order valence-electron chi connectivity index (χ2n) is 5.14. The van der Waals surface area contributed by atoms with Gasteiger partial charge >= 0.3 is 0 Å². The van der Waals surface area contributed by atoms with Crippen LogP contribution in [0.5, 0.6) is 0 Å². The number of rotatable bonds is 7. The number of carbonyl (C=O) groups is 1. The van der Waals surface area contributed by atoms with Crippen molar-refractivity contribution >= 4 is 5.91 Å². The second-order valence-corrected chi connectivity index (χ2v) is 5.14. The van der Waals surface area contributed by atoms with E-state index in [2.05, 4.69) is 36.5 Å². The van der Waals surface area contributed by atoms with Crippen LogP contribution in [0.1, 0.15) is 29.6 Å². The summed E-state index contributed by atoms with van der Waals surface area (Å²) in [5, 5.41) is 14.9. The van der Waals surface area contributed by atoms with Crippen LogP contribution in [0.2, 0.25) is 0 Å². The number of amides is 1. The summed E-state index contributed by atoms with van der Waals surface area (Å²) in [6.07, 6.45) is 11.7. The average molecular weight is 309 g/mol. The fraction of sp³-hybridized carbons (Fsp3) is 0.333. The third kappa shape index (κ3) is 3.58. The van der Waals surface area contributed by atoms with Crippen molar-refractivity contribution in [3.8, 4) is 18.2 Å². The maximum Gasteiger partial charge on any atom is 0.252 e. The van der Waals surface area contributed by atoms with Gasteiger partial charge in [0.2, 0.25) is 0 Å². The topological polar surface area (TPSA) is 97.4 Å². The smallest absolute Gasteiger partial charge is 0.252 e. The Morgan fingerprint density at radius 3 is 2.83 bits per heavy atom. The third-order valence-electron chi connectivity index (χ3n) is 3.53. The Morgan fingerprint density at radius 2 is 2.22 bits per heavy atom. The molecule has 1 N–H and O–H groups in total. The van der Waals surface area contributed by atoms with Crippen molar-refractivity contribution in [2.45, 2.75) is 24.9 Å². The first-order valence-corrected chi connectivity index (χ1v) is 7.19. The lowest BCUT2D eigenvalue weighted by molar-refractivity contribution is 0.0951. The molecule has 0 spiro atoms. The largest absolute Gasteiger partial charge is 0.352 e. The Morgan fingerprint density at radius 1 is 1.35 bits per heavy atom. The SMILES string of the molecule is C#CCCC1(CCNC(=O)c2ccc(-n3cncn3)nc2)N=N1. The van der Waals surface area contributed by atoms with E-state index in [0.717, 1.165) is 6.42 Å². The van der Waals surface area contributed by atoms with E-state index in [0.29, 0.717) is 30.8 Å². The minimum atomic E-state index is -0.380. The van der Waals surface area contributed by atoms with Gasteiger partial charge in [-0.1, -0.05) is 0 Å². The average Bonchev–Trinajstić information content (AvgIpc) is 3.13. The standard InChI is InChI=1S/C15H15N7O/c1-2-3-6-15(20-21-15)7-8-17-14(23)12-4-5-13(18-9-12)22-11-16-10-19-22/h1,4-5,9-11H,3,6-8H2,(H,17,23). The minimum Gasteiger partial charge on any atom is -0.352 e. The van der Waals surface area contributed by atoms with Crippen molar-refractivity contribution in [1.29, 1.82) is 0 Å². The number of pyridine rings is 1. The molecule has 0 saturated carbocycles. The molecule has 3 heterocycles. The summed E-state index contributed by atoms with van der Waals surface area (Å²) in [5.41, 5.74) is 0.102. The molecule has 0 fully saturated rings. The lowest BCUT2D eigenvalue weighted by Crippen LogP contribution is -2.28. The normalized spacial score (nSPS) is 14.2. The third-order valence-corrected chi connectivity index (χ3v) is 3.53. The van der Waals surface area contributed by atoms with Crippen molar-refractivity contribution < 1.29 is 4.79 Å². The van der Waals surface area contributed by atoms with Gasteiger partial charge in [0, 0.05) is 32.0 Å². The Hall–Kier alpha value is -3.08. The lowest BCUT2D eigenvalue weighted by Gasteiger charge is -2.10. The van der Waals surface area contributed by atoms with Crippen LogP contribution < -0.4 is 5.32 Å². The summed E-state index contributed by atoms with van der Waals surface area (Å²) in [7, 11) is 0. The summed E-state index contributed by atoms with van der Waals surface area (Å²) in [5.74, 6) is 2.99. The van der Waals surface area contributed by atoms with E-state index in [4.69, 9.17) is 6.42 Å². The second kappa shape index (κ2) is 6.36. The lowest BCUT2D eigenvalue weighted by atomic mass is 10.0. The summed E-state index contributed by atoms with van der Waals surface area (Å²) in [4.78, 5) is 20.1. The molecule has 1 amide bonds. The fourth-order valence-electron chi connectivity index (χ4n) is 2.13. The minimum absolute atomic E-state index is 0.185. The van der Waals surface area contributed by atoms with Gasteiger partial charge in [0.1, 0.15) is 12.7 Å². The van der Waals surface area contributed by atoms with Gasteiger partial charge in [-0.05, 0) is 12.1 Å². The molecule has 1 aliphatic heterocycles. The van der Waals surface area contributed by atoms with Gasteiger partial charge < -0.3 is 5.32 Å². The zero-order chi connectivity index (χ0) is 16.1. The zero-order valence-electron chi connectivity index (χ0n) is 12.4. The van der Waals surface area contributed by atoms with Gasteiger partial charge in [0.15, 0.2) is 11.5 Å². The molecule has 0 bridgehead atoms. The van der Waals surface area contributed by atoms with E-state index in [9.17, 15) is 4.79 Å². The Labute approximate surface area is 133 Å². The maximum absolute atomic E-state index is 12.1. The summed E-state index contributed by atoms with van der Waals surface area (Å²) >= 11 is 0. The number of hydrogen-bond donors (Lipinski definition) is 1. The maximum atomic E-state index is 12.1. The fourth-order valence-corrected chi connectivity index (χ4v) is 2.13. The number of carbonyl (C=O) groups excluding carboxylic acids is 1. The Bertz CT molecular complexity index is 737. The van der Waals surface area contributed by atoms with Crippen LogP contribution in [0, 0.1) is 12.3 Å². The van der Waals surface area contributed by atoms with Gasteiger partial charge in [0.05, 0.1) is 5.56 Å². The van der Waals surface area contributed by atoms with Gasteiger partial charge in [-0.25, -0.2) is 14.6 Å². The molecule has 116 valence electrons. The summed E-state index contributed by atoms with van der Waals surface area (Å²) < 4.78 is 1.52. The number of nitrogens with zero attached hydrogens (tertiary/aromatic N) is 6. The Balaban J connectivity index is 1.50. The van der Waals surface area contributed by atoms with Crippen LogP contribution >= 0.6 is 0 Å². The van der Waals surface area contributed by atoms with Crippen LogP contribution in [0.25, 0.3) is 5.82 Å². The molecule has 8 heteroatoms. The van der Waals surface area contributed by atoms with Crippen LogP contribution in [-0.2, 0) is 0 Å². The quantitative estimate of drug-likeness (QED) is 0.781. The molecule has 2 aromatic rings. The highest BCUT2D eigenvalue weighted by molar-refractivity contribution is 5.93. The zero-order valence-corrected chi connectivity index (χ0v) is 12.4. The number of nitrogens with one attached hydrogen (secondary N) is 1. The predicted molar refractivity (Wildman–Crippen MR) is 81.8 cm³/mol. The van der Waals surface area contributed by atoms with Gasteiger partial charge in [-0.2, -0.15) is 15.3 Å². The van der Waals surface area contributed by atoms with Crippen molar-refractivity contribution in [3.63, 3.8) is 0 Å². The van der Waals surface area contributed by atoms with Crippen molar-refractivity contribution in [2.75, 3.05) is 6.54 Å². The van der Waals surface area contributed by atoms with Crippen molar-refractivity contribution in [1.82, 2.24) is 25.1 Å². The van der Waals surface area contributed by atoms with E-state index in [1.807, 2.05) is 0 Å². The summed E-state index contributed by atoms with van der Waals surface area (Å²) in [6.45, 7) is 0.487. The van der Waals surface area contributed by atoms with Crippen LogP contribution in [-0.4, -0.2) is 37.9 Å². The molecular formula is C15H15N7O. The van der Waals surface area contributed by atoms with E-state index in [-0.39, 0.29) is 11.6 Å². The first-order valence-electron chi connectivity index (χ1n) is 7.19. The van der Waals surface area contributed by atoms with Crippen molar-refractivity contribution in [3.05, 3.63) is 36.5 Å². The molecule has 0 saturated heterocycles. The van der Waals surface area contributed by atoms with E-state index in [1.165, 1.54) is 17.2 Å².